The van der Waals surface area contributed by atoms with E-state index in [9.17, 15) is 9.18 Å². The van der Waals surface area contributed by atoms with Crippen LogP contribution in [-0.4, -0.2) is 12.5 Å². The Morgan fingerprint density at radius 3 is 2.75 bits per heavy atom. The van der Waals surface area contributed by atoms with Crippen LogP contribution in [0.15, 0.2) is 36.4 Å². The van der Waals surface area contributed by atoms with Crippen LogP contribution in [0.25, 0.3) is 0 Å². The first kappa shape index (κ1) is 13.2. The summed E-state index contributed by atoms with van der Waals surface area (Å²) in [7, 11) is 0. The number of carbonyl (C=O) groups excluding carboxylic acids is 1. The number of hydrogen-bond donors (Lipinski definition) is 1. The first-order chi connectivity index (χ1) is 9.54. The van der Waals surface area contributed by atoms with Gasteiger partial charge in [-0.05, 0) is 24.3 Å². The van der Waals surface area contributed by atoms with Gasteiger partial charge in [-0.15, -0.1) is 0 Å². The summed E-state index contributed by atoms with van der Waals surface area (Å²) in [6.45, 7) is 0.120. The highest BCUT2D eigenvalue weighted by Gasteiger charge is 2.24. The quantitative estimate of drug-likeness (QED) is 0.855. The molecule has 1 amide bonds. The van der Waals surface area contributed by atoms with E-state index in [1.54, 1.807) is 23.1 Å². The third kappa shape index (κ3) is 2.32. The SMILES string of the molecule is O=C1CN(c2cccc(Cl)c2)c2cc(Cl)c(F)cc2N1. The lowest BCUT2D eigenvalue weighted by Crippen LogP contribution is -2.35. The highest BCUT2D eigenvalue weighted by atomic mass is 35.5. The minimum atomic E-state index is -0.571. The summed E-state index contributed by atoms with van der Waals surface area (Å²) in [6.07, 6.45) is 0. The van der Waals surface area contributed by atoms with Crippen molar-refractivity contribution in [1.82, 2.24) is 0 Å². The number of nitrogens with one attached hydrogen (secondary N) is 1. The van der Waals surface area contributed by atoms with Crippen LogP contribution in [0.3, 0.4) is 0 Å². The van der Waals surface area contributed by atoms with E-state index in [4.69, 9.17) is 23.2 Å². The summed E-state index contributed by atoms with van der Waals surface area (Å²) < 4.78 is 13.5. The van der Waals surface area contributed by atoms with Crippen LogP contribution in [-0.2, 0) is 4.79 Å². The predicted molar refractivity (Wildman–Crippen MR) is 78.5 cm³/mol. The minimum Gasteiger partial charge on any atom is -0.330 e. The van der Waals surface area contributed by atoms with E-state index in [1.807, 2.05) is 6.07 Å². The number of amides is 1. The molecule has 2 aromatic rings. The zero-order chi connectivity index (χ0) is 14.3. The van der Waals surface area contributed by atoms with Crippen molar-refractivity contribution < 1.29 is 9.18 Å². The standard InChI is InChI=1S/C14H9Cl2FN2O/c15-8-2-1-3-9(4-8)19-7-14(20)18-12-6-11(17)10(16)5-13(12)19/h1-6H,7H2,(H,18,20). The average molecular weight is 311 g/mol. The van der Waals surface area contributed by atoms with Gasteiger partial charge in [-0.3, -0.25) is 4.79 Å². The van der Waals surface area contributed by atoms with Gasteiger partial charge in [-0.25, -0.2) is 4.39 Å². The van der Waals surface area contributed by atoms with Gasteiger partial charge >= 0.3 is 0 Å². The normalized spacial score (nSPS) is 13.9. The Labute approximate surface area is 124 Å². The van der Waals surface area contributed by atoms with Crippen molar-refractivity contribution in [2.75, 3.05) is 16.8 Å². The molecule has 0 fully saturated rings. The fourth-order valence-corrected chi connectivity index (χ4v) is 2.50. The molecule has 2 aromatic carbocycles. The van der Waals surface area contributed by atoms with Crippen LogP contribution in [0.1, 0.15) is 0 Å². The molecule has 1 aliphatic rings. The van der Waals surface area contributed by atoms with Crippen molar-refractivity contribution in [3.63, 3.8) is 0 Å². The molecule has 0 aromatic heterocycles. The average Bonchev–Trinajstić information content (AvgIpc) is 2.40. The Morgan fingerprint density at radius 1 is 1.20 bits per heavy atom. The number of halogens is 3. The van der Waals surface area contributed by atoms with Gasteiger partial charge in [-0.1, -0.05) is 29.3 Å². The first-order valence-electron chi connectivity index (χ1n) is 5.86. The van der Waals surface area contributed by atoms with E-state index in [0.717, 1.165) is 5.69 Å². The van der Waals surface area contributed by atoms with Gasteiger partial charge in [0, 0.05) is 16.8 Å². The van der Waals surface area contributed by atoms with Crippen LogP contribution in [0, 0.1) is 5.82 Å². The molecule has 1 heterocycles. The topological polar surface area (TPSA) is 32.3 Å². The van der Waals surface area contributed by atoms with Crippen molar-refractivity contribution >= 4 is 46.2 Å². The summed E-state index contributed by atoms with van der Waals surface area (Å²) in [5, 5.41) is 3.20. The van der Waals surface area contributed by atoms with Crippen molar-refractivity contribution in [1.29, 1.82) is 0 Å². The maximum absolute atomic E-state index is 13.5. The maximum Gasteiger partial charge on any atom is 0.244 e. The number of benzene rings is 2. The molecule has 0 aliphatic carbocycles. The monoisotopic (exact) mass is 310 g/mol. The molecule has 102 valence electrons. The number of hydrogen-bond acceptors (Lipinski definition) is 2. The fourth-order valence-electron chi connectivity index (χ4n) is 2.15. The molecular weight excluding hydrogens is 302 g/mol. The molecule has 0 unspecified atom stereocenters. The first-order valence-corrected chi connectivity index (χ1v) is 6.62. The zero-order valence-electron chi connectivity index (χ0n) is 10.2. The Hall–Kier alpha value is -1.78. The van der Waals surface area contributed by atoms with E-state index in [0.29, 0.717) is 16.4 Å². The lowest BCUT2D eigenvalue weighted by Gasteiger charge is -2.31. The summed E-state index contributed by atoms with van der Waals surface area (Å²) in [5.74, 6) is -0.794. The lowest BCUT2D eigenvalue weighted by molar-refractivity contribution is -0.115. The van der Waals surface area contributed by atoms with Crippen LogP contribution in [0.2, 0.25) is 10.0 Å². The van der Waals surface area contributed by atoms with Crippen LogP contribution >= 0.6 is 23.2 Å². The van der Waals surface area contributed by atoms with Crippen LogP contribution in [0.5, 0.6) is 0 Å². The second kappa shape index (κ2) is 4.96. The van der Waals surface area contributed by atoms with Gasteiger partial charge in [-0.2, -0.15) is 0 Å². The number of carbonyl (C=O) groups is 1. The number of nitrogens with zero attached hydrogens (tertiary/aromatic N) is 1. The molecule has 20 heavy (non-hydrogen) atoms. The molecule has 6 heteroatoms. The molecule has 0 bridgehead atoms. The van der Waals surface area contributed by atoms with Crippen LogP contribution < -0.4 is 10.2 Å². The summed E-state index contributed by atoms with van der Waals surface area (Å²) >= 11 is 11.8. The van der Waals surface area contributed by atoms with Crippen molar-refractivity contribution in [3.8, 4) is 0 Å². The van der Waals surface area contributed by atoms with Crippen molar-refractivity contribution in [3.05, 3.63) is 52.3 Å². The highest BCUT2D eigenvalue weighted by molar-refractivity contribution is 6.31. The fraction of sp³-hybridized carbons (Fsp3) is 0.0714. The molecule has 0 atom stereocenters. The van der Waals surface area contributed by atoms with Gasteiger partial charge in [0.25, 0.3) is 0 Å². The van der Waals surface area contributed by atoms with Gasteiger partial charge in [0.15, 0.2) is 0 Å². The number of anilines is 3. The Bertz CT molecular complexity index is 706. The van der Waals surface area contributed by atoms with Gasteiger partial charge < -0.3 is 10.2 Å². The van der Waals surface area contributed by atoms with E-state index in [-0.39, 0.29) is 17.5 Å². The third-order valence-corrected chi connectivity index (χ3v) is 3.55. The Morgan fingerprint density at radius 2 is 2.00 bits per heavy atom. The summed E-state index contributed by atoms with van der Waals surface area (Å²) in [6, 6.07) is 9.80. The largest absolute Gasteiger partial charge is 0.330 e. The summed E-state index contributed by atoms with van der Waals surface area (Å²) in [5.41, 5.74) is 1.78. The molecule has 1 N–H and O–H groups in total. The molecule has 0 saturated carbocycles. The number of rotatable bonds is 1. The van der Waals surface area contributed by atoms with E-state index in [1.165, 1.54) is 12.1 Å². The molecular formula is C14H9Cl2FN2O. The lowest BCUT2D eigenvalue weighted by atomic mass is 10.1. The summed E-state index contributed by atoms with van der Waals surface area (Å²) in [4.78, 5) is 13.5. The molecule has 0 radical (unpaired) electrons. The van der Waals surface area contributed by atoms with E-state index < -0.39 is 5.82 Å². The number of fused-ring (bicyclic) bond motifs is 1. The van der Waals surface area contributed by atoms with E-state index in [2.05, 4.69) is 5.32 Å². The van der Waals surface area contributed by atoms with Crippen molar-refractivity contribution in [2.45, 2.75) is 0 Å². The molecule has 3 rings (SSSR count). The smallest absolute Gasteiger partial charge is 0.244 e. The van der Waals surface area contributed by atoms with E-state index >= 15 is 0 Å². The van der Waals surface area contributed by atoms with Gasteiger partial charge in [0.1, 0.15) is 12.4 Å². The van der Waals surface area contributed by atoms with Crippen molar-refractivity contribution in [2.24, 2.45) is 0 Å². The predicted octanol–water partition coefficient (Wildman–Crippen LogP) is 4.22. The molecule has 1 aliphatic heterocycles. The maximum atomic E-state index is 13.5. The minimum absolute atomic E-state index is 0.00641. The Balaban J connectivity index is 2.14. The zero-order valence-corrected chi connectivity index (χ0v) is 11.7. The van der Waals surface area contributed by atoms with Crippen LogP contribution in [0.4, 0.5) is 21.5 Å². The molecule has 0 saturated heterocycles. The molecule has 0 spiro atoms. The third-order valence-electron chi connectivity index (χ3n) is 3.03. The highest BCUT2D eigenvalue weighted by Crippen LogP contribution is 2.38. The Kier molecular flexibility index (Phi) is 3.28. The molecule has 3 nitrogen and oxygen atoms in total. The van der Waals surface area contributed by atoms with Gasteiger partial charge in [0.2, 0.25) is 5.91 Å². The second-order valence-electron chi connectivity index (χ2n) is 4.40. The van der Waals surface area contributed by atoms with Gasteiger partial charge in [0.05, 0.1) is 16.4 Å². The second-order valence-corrected chi connectivity index (χ2v) is 5.24.